The number of hydrogen-bond acceptors (Lipinski definition) is 9. The van der Waals surface area contributed by atoms with Crippen LogP contribution in [0.4, 0.5) is 0 Å². The minimum absolute atomic E-state index is 0.137. The highest BCUT2D eigenvalue weighted by Gasteiger charge is 2.35. The molecule has 0 N–H and O–H groups in total. The molecule has 0 radical (unpaired) electrons. The summed E-state index contributed by atoms with van der Waals surface area (Å²) in [6.45, 7) is 3.27. The lowest BCUT2D eigenvalue weighted by Gasteiger charge is -2.22. The highest BCUT2D eigenvalue weighted by Crippen LogP contribution is 2.40. The number of pyridine rings is 1. The van der Waals surface area contributed by atoms with Gasteiger partial charge in [-0.1, -0.05) is 0 Å². The molecule has 1 aliphatic rings. The second kappa shape index (κ2) is 10.5. The Kier molecular flexibility index (Phi) is 7.73. The molecule has 33 heavy (non-hydrogen) atoms. The third-order valence-corrected chi connectivity index (χ3v) is 5.34. The first-order chi connectivity index (χ1) is 15.8. The van der Waals surface area contributed by atoms with Gasteiger partial charge in [-0.2, -0.15) is 10.3 Å². The van der Waals surface area contributed by atoms with E-state index in [0.717, 1.165) is 0 Å². The Morgan fingerprint density at radius 3 is 2.55 bits per heavy atom. The molecule has 0 spiro atoms. The predicted molar refractivity (Wildman–Crippen MR) is 121 cm³/mol. The number of carbonyl (C=O) groups is 1. The van der Waals surface area contributed by atoms with Crippen molar-refractivity contribution < 1.29 is 28.5 Å². The number of halogens is 1. The normalized spacial score (nSPS) is 14.9. The van der Waals surface area contributed by atoms with Crippen molar-refractivity contribution in [3.8, 4) is 23.4 Å². The smallest absolute Gasteiger partial charge is 0.247 e. The number of aromatic nitrogens is 1. The summed E-state index contributed by atoms with van der Waals surface area (Å²) in [6.07, 6.45) is -0.872. The SMILES string of the molecule is COCc1cc(C)nc(OCC2=NN(C(C)=O)[C@@H](c3cc(Br)c(OC)cc3OC)O2)c1C#N. The van der Waals surface area contributed by atoms with E-state index in [0.29, 0.717) is 32.8 Å². The Balaban J connectivity index is 1.87. The lowest BCUT2D eigenvalue weighted by atomic mass is 10.1. The number of nitriles is 1. The topological polar surface area (TPSA) is 116 Å². The molecule has 0 saturated carbocycles. The van der Waals surface area contributed by atoms with Crippen LogP contribution in [0.5, 0.6) is 17.4 Å². The molecule has 1 aliphatic heterocycles. The quantitative estimate of drug-likeness (QED) is 0.521. The van der Waals surface area contributed by atoms with E-state index in [1.807, 2.05) is 0 Å². The first-order valence-corrected chi connectivity index (χ1v) is 10.6. The maximum atomic E-state index is 12.3. The zero-order chi connectivity index (χ0) is 24.1. The zero-order valence-electron chi connectivity index (χ0n) is 18.8. The van der Waals surface area contributed by atoms with Gasteiger partial charge in [0.15, 0.2) is 6.61 Å². The Labute approximate surface area is 199 Å². The third-order valence-electron chi connectivity index (χ3n) is 4.72. The van der Waals surface area contributed by atoms with Crippen molar-refractivity contribution in [2.75, 3.05) is 27.9 Å². The van der Waals surface area contributed by atoms with Crippen LogP contribution in [-0.2, 0) is 20.9 Å². The van der Waals surface area contributed by atoms with Gasteiger partial charge in [0.25, 0.3) is 0 Å². The minimum Gasteiger partial charge on any atom is -0.496 e. The summed E-state index contributed by atoms with van der Waals surface area (Å²) in [5.74, 6) is 0.967. The van der Waals surface area contributed by atoms with E-state index in [9.17, 15) is 10.1 Å². The number of carbonyl (C=O) groups excluding carboxylic acids is 1. The number of rotatable bonds is 8. The second-order valence-electron chi connectivity index (χ2n) is 6.99. The molecule has 3 rings (SSSR count). The van der Waals surface area contributed by atoms with Gasteiger partial charge in [-0.25, -0.2) is 4.98 Å². The van der Waals surface area contributed by atoms with Gasteiger partial charge in [0.05, 0.1) is 30.9 Å². The lowest BCUT2D eigenvalue weighted by Crippen LogP contribution is -2.25. The summed E-state index contributed by atoms with van der Waals surface area (Å²) < 4.78 is 28.3. The number of amides is 1. The predicted octanol–water partition coefficient (Wildman–Crippen LogP) is 3.46. The summed E-state index contributed by atoms with van der Waals surface area (Å²) in [6, 6.07) is 7.29. The summed E-state index contributed by atoms with van der Waals surface area (Å²) in [5.41, 5.74) is 2.16. The molecule has 0 bridgehead atoms. The monoisotopic (exact) mass is 518 g/mol. The van der Waals surface area contributed by atoms with Crippen LogP contribution in [0.25, 0.3) is 0 Å². The fraction of sp³-hybridized carbons (Fsp3) is 0.364. The van der Waals surface area contributed by atoms with Gasteiger partial charge < -0.3 is 23.7 Å². The van der Waals surface area contributed by atoms with Gasteiger partial charge in [0.2, 0.25) is 23.9 Å². The summed E-state index contributed by atoms with van der Waals surface area (Å²) >= 11 is 3.44. The highest BCUT2D eigenvalue weighted by molar-refractivity contribution is 9.10. The molecule has 11 heteroatoms. The number of aryl methyl sites for hydroxylation is 1. The van der Waals surface area contributed by atoms with Crippen LogP contribution in [0.15, 0.2) is 27.8 Å². The molecule has 0 aliphatic carbocycles. The standard InChI is InChI=1S/C22H23BrN4O6/c1-12-6-14(10-29-3)16(9-24)21(25-12)32-11-20-26-27(13(2)28)22(33-20)15-7-17(23)19(31-5)8-18(15)30-4/h6-8,22H,10-11H2,1-5H3/t22-/m1/s1. The fourth-order valence-corrected chi connectivity index (χ4v) is 3.80. The largest absolute Gasteiger partial charge is 0.496 e. The maximum Gasteiger partial charge on any atom is 0.247 e. The molecule has 0 saturated heterocycles. The van der Waals surface area contributed by atoms with E-state index in [4.69, 9.17) is 23.7 Å². The maximum absolute atomic E-state index is 12.3. The van der Waals surface area contributed by atoms with E-state index in [1.165, 1.54) is 19.0 Å². The van der Waals surface area contributed by atoms with Crippen molar-refractivity contribution in [3.63, 3.8) is 0 Å². The Hall–Kier alpha value is -3.36. The average molecular weight is 519 g/mol. The Bertz CT molecular complexity index is 1130. The molecular weight excluding hydrogens is 496 g/mol. The number of ether oxygens (including phenoxy) is 5. The van der Waals surface area contributed by atoms with Crippen LogP contribution < -0.4 is 14.2 Å². The van der Waals surface area contributed by atoms with E-state index < -0.39 is 6.23 Å². The number of hydrogen-bond donors (Lipinski definition) is 0. The Morgan fingerprint density at radius 1 is 1.21 bits per heavy atom. The number of hydrazone groups is 1. The van der Waals surface area contributed by atoms with Gasteiger partial charge in [0, 0.05) is 31.4 Å². The van der Waals surface area contributed by atoms with Gasteiger partial charge in [0.1, 0.15) is 23.1 Å². The van der Waals surface area contributed by atoms with Crippen LogP contribution >= 0.6 is 15.9 Å². The molecule has 0 unspecified atom stereocenters. The number of benzene rings is 1. The first-order valence-electron chi connectivity index (χ1n) is 9.80. The molecule has 10 nitrogen and oxygen atoms in total. The van der Waals surface area contributed by atoms with Crippen molar-refractivity contribution in [1.29, 1.82) is 5.26 Å². The van der Waals surface area contributed by atoms with Gasteiger partial charge in [-0.3, -0.25) is 4.79 Å². The third kappa shape index (κ3) is 5.18. The van der Waals surface area contributed by atoms with Crippen molar-refractivity contribution in [2.24, 2.45) is 5.10 Å². The highest BCUT2D eigenvalue weighted by atomic mass is 79.9. The van der Waals surface area contributed by atoms with Gasteiger partial charge in [-0.15, -0.1) is 5.10 Å². The van der Waals surface area contributed by atoms with Crippen LogP contribution in [0.3, 0.4) is 0 Å². The molecule has 174 valence electrons. The van der Waals surface area contributed by atoms with Crippen LogP contribution in [-0.4, -0.2) is 49.7 Å². The van der Waals surface area contributed by atoms with E-state index in [2.05, 4.69) is 32.1 Å². The number of methoxy groups -OCH3 is 3. The molecular formula is C22H23BrN4O6. The molecule has 0 fully saturated rings. The number of nitrogens with zero attached hydrogens (tertiary/aromatic N) is 4. The van der Waals surface area contributed by atoms with E-state index in [1.54, 1.807) is 39.3 Å². The van der Waals surface area contributed by atoms with Crippen molar-refractivity contribution in [3.05, 3.63) is 45.1 Å². The van der Waals surface area contributed by atoms with Crippen LogP contribution in [0, 0.1) is 18.3 Å². The van der Waals surface area contributed by atoms with Crippen molar-refractivity contribution >= 4 is 27.7 Å². The van der Waals surface area contributed by atoms with Crippen molar-refractivity contribution in [2.45, 2.75) is 26.7 Å². The van der Waals surface area contributed by atoms with Gasteiger partial charge in [-0.05, 0) is 35.0 Å². The summed E-state index contributed by atoms with van der Waals surface area (Å²) in [5, 5.41) is 15.0. The molecule has 1 atom stereocenters. The molecule has 1 aromatic heterocycles. The first kappa shape index (κ1) is 24.3. The molecule has 2 aromatic rings. The average Bonchev–Trinajstić information content (AvgIpc) is 3.22. The van der Waals surface area contributed by atoms with Crippen LogP contribution in [0.1, 0.15) is 35.5 Å². The Morgan fingerprint density at radius 2 is 1.94 bits per heavy atom. The fourth-order valence-electron chi connectivity index (χ4n) is 3.28. The summed E-state index contributed by atoms with van der Waals surface area (Å²) in [4.78, 5) is 16.6. The zero-order valence-corrected chi connectivity index (χ0v) is 20.4. The molecule has 2 heterocycles. The van der Waals surface area contributed by atoms with Gasteiger partial charge >= 0.3 is 0 Å². The van der Waals surface area contributed by atoms with E-state index >= 15 is 0 Å². The van der Waals surface area contributed by atoms with E-state index in [-0.39, 0.29) is 36.5 Å². The minimum atomic E-state index is -0.872. The molecule has 1 aromatic carbocycles. The van der Waals surface area contributed by atoms with Crippen LogP contribution in [0.2, 0.25) is 0 Å². The second-order valence-corrected chi connectivity index (χ2v) is 7.85. The molecule has 1 amide bonds. The lowest BCUT2D eigenvalue weighted by molar-refractivity contribution is -0.135. The summed E-state index contributed by atoms with van der Waals surface area (Å²) in [7, 11) is 4.59. The van der Waals surface area contributed by atoms with Crippen molar-refractivity contribution in [1.82, 2.24) is 9.99 Å².